The highest BCUT2D eigenvalue weighted by Crippen LogP contribution is 2.37. The zero-order valence-corrected chi connectivity index (χ0v) is 21.9. The molecule has 2 radical (unpaired) electrons. The lowest BCUT2D eigenvalue weighted by atomic mass is 9.80. The molecule has 2 aromatic heterocycles. The first kappa shape index (κ1) is 27.6. The number of sulfone groups is 1. The van der Waals surface area contributed by atoms with E-state index < -0.39 is 38.6 Å². The third-order valence-electron chi connectivity index (χ3n) is 6.47. The van der Waals surface area contributed by atoms with Gasteiger partial charge in [0.25, 0.3) is 5.91 Å². The summed E-state index contributed by atoms with van der Waals surface area (Å²) in [5, 5.41) is 2.79. The summed E-state index contributed by atoms with van der Waals surface area (Å²) in [5.74, 6) is -2.58. The van der Waals surface area contributed by atoms with Crippen LogP contribution in [0.1, 0.15) is 54.6 Å². The van der Waals surface area contributed by atoms with Crippen molar-refractivity contribution in [2.75, 3.05) is 11.6 Å². The largest absolute Gasteiger partial charge is 0.324 e. The predicted molar refractivity (Wildman–Crippen MR) is 143 cm³/mol. The van der Waals surface area contributed by atoms with Crippen LogP contribution in [0.15, 0.2) is 59.3 Å². The van der Waals surface area contributed by atoms with Crippen LogP contribution in [0, 0.1) is 11.6 Å². The third kappa shape index (κ3) is 6.00. The van der Waals surface area contributed by atoms with Crippen molar-refractivity contribution in [2.24, 2.45) is 5.73 Å². The number of aromatic nitrogens is 2. The Morgan fingerprint density at radius 1 is 1.21 bits per heavy atom. The zero-order valence-electron chi connectivity index (χ0n) is 21.0. The number of benzene rings is 1. The summed E-state index contributed by atoms with van der Waals surface area (Å²) in [7, 11) is 2.13. The van der Waals surface area contributed by atoms with Gasteiger partial charge in [0.05, 0.1) is 16.8 Å². The number of amides is 1. The van der Waals surface area contributed by atoms with Crippen molar-refractivity contribution in [3.8, 4) is 11.3 Å². The molecule has 11 heteroatoms. The Balaban J connectivity index is 1.65. The maximum Gasteiger partial charge on any atom is 0.274 e. The van der Waals surface area contributed by atoms with Crippen LogP contribution in [-0.4, -0.2) is 44.4 Å². The summed E-state index contributed by atoms with van der Waals surface area (Å²) in [6, 6.07) is 5.66. The molecule has 0 fully saturated rings. The van der Waals surface area contributed by atoms with Gasteiger partial charge in [-0.25, -0.2) is 22.2 Å². The predicted octanol–water partition coefficient (Wildman–Crippen LogP) is 3.80. The normalized spacial score (nSPS) is 17.7. The zero-order chi connectivity index (χ0) is 27.6. The molecule has 2 unspecified atom stereocenters. The second kappa shape index (κ2) is 11.1. The second-order valence-corrected chi connectivity index (χ2v) is 11.5. The van der Waals surface area contributed by atoms with E-state index in [1.165, 1.54) is 17.8 Å². The molecule has 0 saturated heterocycles. The number of nitrogens with two attached hydrogens (primary N) is 1. The second-order valence-electron chi connectivity index (χ2n) is 9.46. The average Bonchev–Trinajstić information content (AvgIpc) is 2.84. The Bertz CT molecular complexity index is 1510. The van der Waals surface area contributed by atoms with Gasteiger partial charge in [0.15, 0.2) is 9.84 Å². The van der Waals surface area contributed by atoms with Gasteiger partial charge >= 0.3 is 0 Å². The third-order valence-corrected chi connectivity index (χ3v) is 7.56. The summed E-state index contributed by atoms with van der Waals surface area (Å²) in [6.45, 7) is 2.11. The van der Waals surface area contributed by atoms with Gasteiger partial charge in [-0.15, -0.1) is 0 Å². The molecule has 0 saturated carbocycles. The van der Waals surface area contributed by atoms with Crippen LogP contribution in [0.5, 0.6) is 0 Å². The lowest BCUT2D eigenvalue weighted by Gasteiger charge is -2.28. The van der Waals surface area contributed by atoms with Crippen molar-refractivity contribution < 1.29 is 22.0 Å². The molecule has 1 aliphatic rings. The van der Waals surface area contributed by atoms with Crippen LogP contribution in [0.3, 0.4) is 0 Å². The number of nitrogens with zero attached hydrogens (tertiary/aromatic N) is 2. The SMILES string of the molecule is [B]c1cc(S(C)(=O)=O)cc(F)c1-c1nc(C(=O)Nc2cnccc2C2CC(CCC)=CC(N)C2)ccc1F. The van der Waals surface area contributed by atoms with Crippen molar-refractivity contribution in [2.45, 2.75) is 49.5 Å². The van der Waals surface area contributed by atoms with Crippen molar-refractivity contribution in [3.05, 3.63) is 77.3 Å². The van der Waals surface area contributed by atoms with Crippen molar-refractivity contribution in [1.82, 2.24) is 9.97 Å². The fourth-order valence-electron chi connectivity index (χ4n) is 4.77. The summed E-state index contributed by atoms with van der Waals surface area (Å²) >= 11 is 0. The van der Waals surface area contributed by atoms with E-state index in [-0.39, 0.29) is 28.0 Å². The fraction of sp³-hybridized carbons (Fsp3) is 0.296. The van der Waals surface area contributed by atoms with Crippen LogP contribution in [0.25, 0.3) is 11.3 Å². The number of pyridine rings is 2. The monoisotopic (exact) mass is 536 g/mol. The van der Waals surface area contributed by atoms with Gasteiger partial charge in [-0.05, 0) is 61.1 Å². The van der Waals surface area contributed by atoms with Crippen molar-refractivity contribution in [3.63, 3.8) is 0 Å². The summed E-state index contributed by atoms with van der Waals surface area (Å²) in [5.41, 5.74) is 7.44. The van der Waals surface area contributed by atoms with E-state index in [2.05, 4.69) is 28.3 Å². The van der Waals surface area contributed by atoms with E-state index in [9.17, 15) is 22.0 Å². The molecule has 2 atom stereocenters. The van der Waals surface area contributed by atoms with Crippen molar-refractivity contribution >= 4 is 34.7 Å². The van der Waals surface area contributed by atoms with Crippen LogP contribution in [-0.2, 0) is 9.84 Å². The maximum absolute atomic E-state index is 14.9. The highest BCUT2D eigenvalue weighted by atomic mass is 32.2. The Hall–Kier alpha value is -3.44. The number of halogens is 2. The molecule has 2 heterocycles. The number of nitrogens with one attached hydrogen (secondary N) is 1. The van der Waals surface area contributed by atoms with Gasteiger partial charge in [-0.2, -0.15) is 0 Å². The molecule has 7 nitrogen and oxygen atoms in total. The summed E-state index contributed by atoms with van der Waals surface area (Å²) in [6.07, 6.45) is 9.67. The Morgan fingerprint density at radius 3 is 2.66 bits per heavy atom. The van der Waals surface area contributed by atoms with Crippen LogP contribution >= 0.6 is 0 Å². The molecule has 0 bridgehead atoms. The molecule has 4 rings (SSSR count). The maximum atomic E-state index is 14.9. The van der Waals surface area contributed by atoms with E-state index in [1.807, 2.05) is 6.07 Å². The number of anilines is 1. The van der Waals surface area contributed by atoms with Gasteiger partial charge in [0, 0.05) is 24.1 Å². The van der Waals surface area contributed by atoms with Crippen LogP contribution < -0.4 is 16.5 Å². The minimum absolute atomic E-state index is 0.0776. The number of hydrogen-bond donors (Lipinski definition) is 2. The number of carbonyl (C=O) groups excluding carboxylic acids is 1. The molecule has 1 aromatic carbocycles. The number of rotatable bonds is 7. The molecule has 0 aliphatic heterocycles. The van der Waals surface area contributed by atoms with E-state index in [4.69, 9.17) is 13.6 Å². The van der Waals surface area contributed by atoms with E-state index in [0.717, 1.165) is 49.3 Å². The Kier molecular flexibility index (Phi) is 8.08. The highest BCUT2D eigenvalue weighted by Gasteiger charge is 2.25. The van der Waals surface area contributed by atoms with E-state index in [0.29, 0.717) is 12.1 Å². The van der Waals surface area contributed by atoms with Crippen molar-refractivity contribution in [1.29, 1.82) is 0 Å². The fourth-order valence-corrected chi connectivity index (χ4v) is 5.43. The molecule has 3 aromatic rings. The number of hydrogen-bond acceptors (Lipinski definition) is 6. The molecule has 38 heavy (non-hydrogen) atoms. The lowest BCUT2D eigenvalue weighted by molar-refractivity contribution is 0.102. The van der Waals surface area contributed by atoms with E-state index >= 15 is 0 Å². The first-order valence-corrected chi connectivity index (χ1v) is 14.0. The van der Waals surface area contributed by atoms with E-state index in [1.54, 1.807) is 6.20 Å². The van der Waals surface area contributed by atoms with Gasteiger partial charge < -0.3 is 11.1 Å². The topological polar surface area (TPSA) is 115 Å². The van der Waals surface area contributed by atoms with Crippen LogP contribution in [0.2, 0.25) is 0 Å². The standard InChI is InChI=1S/C27H27BF2N4O3S/c1-3-4-15-9-16(11-17(31)10-15)19-7-8-32-14-24(19)34-27(35)23-6-5-21(29)26(33-23)25-20(28)12-18(13-22(25)30)38(2,36)37/h5-8,10,12-14,16-17H,3-4,9,11,31H2,1-2H3,(H,34,35). The van der Waals surface area contributed by atoms with Crippen LogP contribution in [0.4, 0.5) is 14.5 Å². The molecular formula is C27H27BF2N4O3S. The summed E-state index contributed by atoms with van der Waals surface area (Å²) in [4.78, 5) is 21.0. The number of allylic oxidation sites excluding steroid dienone is 1. The molecule has 196 valence electrons. The van der Waals surface area contributed by atoms with Gasteiger partial charge in [-0.1, -0.05) is 30.5 Å². The number of carbonyl (C=O) groups is 1. The molecule has 1 aliphatic carbocycles. The molecular weight excluding hydrogens is 509 g/mol. The minimum Gasteiger partial charge on any atom is -0.324 e. The van der Waals surface area contributed by atoms with Gasteiger partial charge in [0.1, 0.15) is 30.9 Å². The van der Waals surface area contributed by atoms with Gasteiger partial charge in [-0.3, -0.25) is 9.78 Å². The average molecular weight is 536 g/mol. The molecule has 3 N–H and O–H groups in total. The minimum atomic E-state index is -3.75. The quantitative estimate of drug-likeness (QED) is 0.351. The Labute approximate surface area is 221 Å². The molecule has 0 spiro atoms. The van der Waals surface area contributed by atoms with Gasteiger partial charge in [0.2, 0.25) is 0 Å². The lowest BCUT2D eigenvalue weighted by Crippen LogP contribution is -2.26. The smallest absolute Gasteiger partial charge is 0.274 e. The first-order chi connectivity index (χ1) is 18.0. The molecule has 1 amide bonds. The highest BCUT2D eigenvalue weighted by molar-refractivity contribution is 7.90. The Morgan fingerprint density at radius 2 is 1.97 bits per heavy atom. The first-order valence-electron chi connectivity index (χ1n) is 12.1. The summed E-state index contributed by atoms with van der Waals surface area (Å²) < 4.78 is 53.2.